The molecule has 188 valence electrons. The van der Waals surface area contributed by atoms with Gasteiger partial charge in [0.15, 0.2) is 5.76 Å². The van der Waals surface area contributed by atoms with E-state index in [1.165, 1.54) is 43.4 Å². The van der Waals surface area contributed by atoms with Crippen LogP contribution >= 0.6 is 23.1 Å². The molecule has 0 spiro atoms. The van der Waals surface area contributed by atoms with Crippen molar-refractivity contribution in [1.29, 1.82) is 0 Å². The van der Waals surface area contributed by atoms with Gasteiger partial charge in [0.2, 0.25) is 11.8 Å². The summed E-state index contributed by atoms with van der Waals surface area (Å²) in [5.74, 6) is -0.996. The fourth-order valence-corrected chi connectivity index (χ4v) is 5.98. The van der Waals surface area contributed by atoms with E-state index < -0.39 is 11.2 Å². The van der Waals surface area contributed by atoms with Gasteiger partial charge in [-0.15, -0.1) is 23.1 Å². The number of carbonyl (C=O) groups excluding carboxylic acids is 4. The number of methoxy groups -OCH3 is 1. The van der Waals surface area contributed by atoms with E-state index in [1.54, 1.807) is 42.2 Å². The van der Waals surface area contributed by atoms with Gasteiger partial charge in [-0.25, -0.2) is 4.79 Å². The predicted molar refractivity (Wildman–Crippen MR) is 138 cm³/mol. The van der Waals surface area contributed by atoms with Crippen LogP contribution in [-0.4, -0.2) is 47.5 Å². The first-order chi connectivity index (χ1) is 17.3. The highest BCUT2D eigenvalue weighted by atomic mass is 32.2. The molecule has 2 aromatic heterocycles. The van der Waals surface area contributed by atoms with Crippen molar-refractivity contribution in [2.75, 3.05) is 24.3 Å². The largest absolute Gasteiger partial charge is 0.465 e. The number of fused-ring (bicyclic) bond motifs is 1. The van der Waals surface area contributed by atoms with Gasteiger partial charge in [-0.1, -0.05) is 6.07 Å². The first-order valence-corrected chi connectivity index (χ1v) is 12.9. The number of rotatable bonds is 7. The van der Waals surface area contributed by atoms with Crippen LogP contribution in [0.4, 0.5) is 10.7 Å². The first-order valence-electron chi connectivity index (χ1n) is 11.2. The van der Waals surface area contributed by atoms with Crippen LogP contribution in [0.3, 0.4) is 0 Å². The van der Waals surface area contributed by atoms with Crippen LogP contribution in [0.2, 0.25) is 0 Å². The molecule has 0 radical (unpaired) electrons. The zero-order valence-corrected chi connectivity index (χ0v) is 21.6. The van der Waals surface area contributed by atoms with Gasteiger partial charge in [-0.2, -0.15) is 0 Å². The predicted octanol–water partition coefficient (Wildman–Crippen LogP) is 4.40. The number of hydrogen-bond acceptors (Lipinski definition) is 8. The smallest absolute Gasteiger partial charge is 0.341 e. The lowest BCUT2D eigenvalue weighted by Crippen LogP contribution is -2.33. The second kappa shape index (κ2) is 11.0. The van der Waals surface area contributed by atoms with E-state index in [-0.39, 0.29) is 23.5 Å². The quantitative estimate of drug-likeness (QED) is 0.345. The molecule has 0 bridgehead atoms. The second-order valence-electron chi connectivity index (χ2n) is 8.10. The van der Waals surface area contributed by atoms with E-state index in [0.717, 1.165) is 15.3 Å². The van der Waals surface area contributed by atoms with Crippen molar-refractivity contribution in [2.45, 2.75) is 37.0 Å². The molecule has 1 aliphatic rings. The van der Waals surface area contributed by atoms with Crippen molar-refractivity contribution in [3.05, 3.63) is 64.4 Å². The average Bonchev–Trinajstić information content (AvgIpc) is 3.51. The van der Waals surface area contributed by atoms with Gasteiger partial charge in [0, 0.05) is 28.9 Å². The summed E-state index contributed by atoms with van der Waals surface area (Å²) >= 11 is 2.61. The molecule has 0 aliphatic carbocycles. The van der Waals surface area contributed by atoms with Crippen LogP contribution in [0.25, 0.3) is 0 Å². The van der Waals surface area contributed by atoms with Crippen LogP contribution in [0.15, 0.2) is 52.0 Å². The Morgan fingerprint density at radius 3 is 2.67 bits per heavy atom. The maximum Gasteiger partial charge on any atom is 0.341 e. The van der Waals surface area contributed by atoms with E-state index in [9.17, 15) is 19.2 Å². The van der Waals surface area contributed by atoms with Crippen molar-refractivity contribution >= 4 is 57.5 Å². The van der Waals surface area contributed by atoms with Gasteiger partial charge < -0.3 is 24.7 Å². The van der Waals surface area contributed by atoms with Crippen LogP contribution in [0, 0.1) is 0 Å². The highest BCUT2D eigenvalue weighted by molar-refractivity contribution is 8.00. The molecule has 4 rings (SSSR count). The molecule has 0 saturated heterocycles. The standard InChI is InChI=1S/C25H25N3O6S2/c1-14(35-17-7-4-6-16(12-17)26-23(31)19-8-5-11-34-19)22(30)27-24-21(25(32)33-3)18-9-10-28(15(2)29)13-20(18)36-24/h4-8,11-12,14H,9-10,13H2,1-3H3,(H,26,31)(H,27,30). The fraction of sp³-hybridized carbons (Fsp3) is 0.280. The number of thioether (sulfide) groups is 1. The van der Waals surface area contributed by atoms with Gasteiger partial charge in [0.1, 0.15) is 5.00 Å². The monoisotopic (exact) mass is 527 g/mol. The van der Waals surface area contributed by atoms with Gasteiger partial charge in [-0.05, 0) is 49.2 Å². The van der Waals surface area contributed by atoms with E-state index in [0.29, 0.717) is 35.8 Å². The maximum atomic E-state index is 13.1. The lowest BCUT2D eigenvalue weighted by Gasteiger charge is -2.25. The minimum atomic E-state index is -0.514. The molecule has 1 aliphatic heterocycles. The number of amides is 3. The molecule has 0 saturated carbocycles. The van der Waals surface area contributed by atoms with E-state index >= 15 is 0 Å². The minimum Gasteiger partial charge on any atom is -0.465 e. The Morgan fingerprint density at radius 1 is 1.17 bits per heavy atom. The topological polar surface area (TPSA) is 118 Å². The summed E-state index contributed by atoms with van der Waals surface area (Å²) in [7, 11) is 1.30. The van der Waals surface area contributed by atoms with E-state index in [2.05, 4.69) is 10.6 Å². The summed E-state index contributed by atoms with van der Waals surface area (Å²) in [6, 6.07) is 10.4. The minimum absolute atomic E-state index is 0.0353. The molecule has 1 unspecified atom stereocenters. The van der Waals surface area contributed by atoms with Crippen LogP contribution in [0.5, 0.6) is 0 Å². The second-order valence-corrected chi connectivity index (χ2v) is 10.6. The average molecular weight is 528 g/mol. The highest BCUT2D eigenvalue weighted by Gasteiger charge is 2.30. The number of nitrogens with one attached hydrogen (secondary N) is 2. The molecule has 1 atom stereocenters. The van der Waals surface area contributed by atoms with E-state index in [4.69, 9.17) is 9.15 Å². The van der Waals surface area contributed by atoms with Gasteiger partial charge in [-0.3, -0.25) is 14.4 Å². The lowest BCUT2D eigenvalue weighted by atomic mass is 10.0. The van der Waals surface area contributed by atoms with Crippen molar-refractivity contribution in [1.82, 2.24) is 4.90 Å². The first kappa shape index (κ1) is 25.5. The molecular weight excluding hydrogens is 502 g/mol. The summed E-state index contributed by atoms with van der Waals surface area (Å²) in [4.78, 5) is 53.0. The summed E-state index contributed by atoms with van der Waals surface area (Å²) in [5, 5.41) is 5.58. The van der Waals surface area contributed by atoms with Crippen LogP contribution in [0.1, 0.15) is 45.2 Å². The van der Waals surface area contributed by atoms with Crippen molar-refractivity contribution in [3.8, 4) is 0 Å². The summed E-state index contributed by atoms with van der Waals surface area (Å²) < 4.78 is 10.1. The molecule has 3 heterocycles. The third-order valence-corrected chi connectivity index (χ3v) is 7.87. The normalized spacial score (nSPS) is 13.5. The van der Waals surface area contributed by atoms with Gasteiger partial charge in [0.25, 0.3) is 5.91 Å². The molecule has 36 heavy (non-hydrogen) atoms. The Balaban J connectivity index is 1.46. The number of nitrogens with zero attached hydrogens (tertiary/aromatic N) is 1. The van der Waals surface area contributed by atoms with Crippen molar-refractivity contribution in [3.63, 3.8) is 0 Å². The van der Waals surface area contributed by atoms with Gasteiger partial charge in [0.05, 0.1) is 30.7 Å². The number of hydrogen-bond donors (Lipinski definition) is 2. The Morgan fingerprint density at radius 2 is 1.97 bits per heavy atom. The Bertz CT molecular complexity index is 1300. The molecule has 3 amide bonds. The number of esters is 1. The highest BCUT2D eigenvalue weighted by Crippen LogP contribution is 2.38. The van der Waals surface area contributed by atoms with E-state index in [1.807, 2.05) is 6.07 Å². The maximum absolute atomic E-state index is 13.1. The number of thiophene rings is 1. The third-order valence-electron chi connectivity index (χ3n) is 5.65. The number of furan rings is 1. The lowest BCUT2D eigenvalue weighted by molar-refractivity contribution is -0.129. The SMILES string of the molecule is COC(=O)c1c(NC(=O)C(C)Sc2cccc(NC(=O)c3ccco3)c2)sc2c1CCN(C(C)=O)C2. The third kappa shape index (κ3) is 5.63. The fourth-order valence-electron chi connectivity index (χ4n) is 3.80. The van der Waals surface area contributed by atoms with Gasteiger partial charge >= 0.3 is 5.97 Å². The molecule has 1 aromatic carbocycles. The molecule has 3 aromatic rings. The molecule has 11 heteroatoms. The molecule has 0 fully saturated rings. The number of anilines is 2. The van der Waals surface area contributed by atoms with Crippen molar-refractivity contribution < 1.29 is 28.3 Å². The van der Waals surface area contributed by atoms with Crippen LogP contribution in [-0.2, 0) is 27.3 Å². The Kier molecular flexibility index (Phi) is 7.80. The molecule has 2 N–H and O–H groups in total. The van der Waals surface area contributed by atoms with Crippen LogP contribution < -0.4 is 10.6 Å². The Labute approximate surface area is 216 Å². The number of benzene rings is 1. The summed E-state index contributed by atoms with van der Waals surface area (Å²) in [6.45, 7) is 4.18. The molecular formula is C25H25N3O6S2. The van der Waals surface area contributed by atoms with Crippen molar-refractivity contribution in [2.24, 2.45) is 0 Å². The number of carbonyl (C=O) groups is 4. The Hall–Kier alpha value is -3.57. The zero-order chi connectivity index (χ0) is 25.8. The number of ether oxygens (including phenoxy) is 1. The molecule has 9 nitrogen and oxygen atoms in total. The summed E-state index contributed by atoms with van der Waals surface area (Å²) in [5.41, 5.74) is 1.75. The zero-order valence-electron chi connectivity index (χ0n) is 20.0. The summed E-state index contributed by atoms with van der Waals surface area (Å²) in [6.07, 6.45) is 1.95.